The molecule has 0 N–H and O–H groups in total. The Kier molecular flexibility index (Phi) is 3.99. The van der Waals surface area contributed by atoms with Crippen LogP contribution in [0.4, 0.5) is 0 Å². The summed E-state index contributed by atoms with van der Waals surface area (Å²) >= 11 is 0. The number of halogens is 1. The van der Waals surface area contributed by atoms with Crippen molar-refractivity contribution in [2.24, 2.45) is 0 Å². The van der Waals surface area contributed by atoms with Crippen LogP contribution in [-0.4, -0.2) is 18.4 Å². The second-order valence-electron chi connectivity index (χ2n) is 5.38. The molecule has 0 radical (unpaired) electrons. The molecular formula is C17H12ClN3O2S. The largest absolute Gasteiger partial charge is 0.261 e. The molecular weight excluding hydrogens is 346 g/mol. The Labute approximate surface area is 144 Å². The first-order valence-electron chi connectivity index (χ1n) is 7.04. The first kappa shape index (κ1) is 16.4. The van der Waals surface area contributed by atoms with E-state index in [-0.39, 0.29) is 4.90 Å². The van der Waals surface area contributed by atoms with Gasteiger partial charge in [0.25, 0.3) is 9.05 Å². The van der Waals surface area contributed by atoms with Crippen LogP contribution in [0.25, 0.3) is 22.2 Å². The molecule has 0 unspecified atom stereocenters. The average molecular weight is 358 g/mol. The minimum atomic E-state index is -3.83. The van der Waals surface area contributed by atoms with Gasteiger partial charge < -0.3 is 0 Å². The lowest BCUT2D eigenvalue weighted by Gasteiger charge is -2.10. The highest BCUT2D eigenvalue weighted by molar-refractivity contribution is 8.13. The van der Waals surface area contributed by atoms with Gasteiger partial charge in [-0.3, -0.25) is 0 Å². The highest BCUT2D eigenvalue weighted by Gasteiger charge is 2.15. The van der Waals surface area contributed by atoms with E-state index < -0.39 is 9.05 Å². The molecule has 1 heterocycles. The molecule has 3 aromatic rings. The summed E-state index contributed by atoms with van der Waals surface area (Å²) in [5.41, 5.74) is 3.54. The zero-order valence-corrected chi connectivity index (χ0v) is 14.5. The van der Waals surface area contributed by atoms with Crippen LogP contribution in [0.5, 0.6) is 0 Å². The molecule has 1 aromatic heterocycles. The lowest BCUT2D eigenvalue weighted by Crippen LogP contribution is -1.98. The molecule has 2 aromatic carbocycles. The van der Waals surface area contributed by atoms with Crippen LogP contribution >= 0.6 is 10.7 Å². The van der Waals surface area contributed by atoms with E-state index in [0.29, 0.717) is 22.6 Å². The number of benzene rings is 2. The molecule has 0 spiro atoms. The maximum absolute atomic E-state index is 11.5. The van der Waals surface area contributed by atoms with Gasteiger partial charge in [0, 0.05) is 21.6 Å². The minimum absolute atomic E-state index is 0.00253. The van der Waals surface area contributed by atoms with Gasteiger partial charge in [-0.25, -0.2) is 18.4 Å². The lowest BCUT2D eigenvalue weighted by molar-refractivity contribution is 0.609. The van der Waals surface area contributed by atoms with Crippen LogP contribution in [-0.2, 0) is 9.05 Å². The summed E-state index contributed by atoms with van der Waals surface area (Å²) in [6, 6.07) is 12.0. The predicted octanol–water partition coefficient (Wildman–Crippen LogP) is 3.71. The van der Waals surface area contributed by atoms with Crippen molar-refractivity contribution in [3.05, 3.63) is 53.3 Å². The van der Waals surface area contributed by atoms with Crippen LogP contribution in [0.2, 0.25) is 0 Å². The van der Waals surface area contributed by atoms with Crippen LogP contribution in [0, 0.1) is 25.2 Å². The maximum Gasteiger partial charge on any atom is 0.261 e. The number of nitriles is 1. The molecule has 7 heteroatoms. The minimum Gasteiger partial charge on any atom is -0.233 e. The topological polar surface area (TPSA) is 83.7 Å². The molecule has 0 fully saturated rings. The molecule has 0 bridgehead atoms. The van der Waals surface area contributed by atoms with E-state index in [4.69, 9.17) is 15.9 Å². The number of nitrogens with zero attached hydrogens (tertiary/aromatic N) is 3. The summed E-state index contributed by atoms with van der Waals surface area (Å²) in [6.45, 7) is 3.64. The van der Waals surface area contributed by atoms with Crippen LogP contribution in [0.1, 0.15) is 17.0 Å². The van der Waals surface area contributed by atoms with Gasteiger partial charge in [0.05, 0.1) is 27.7 Å². The van der Waals surface area contributed by atoms with Gasteiger partial charge in [0.1, 0.15) is 5.82 Å². The third-order valence-corrected chi connectivity index (χ3v) is 5.02. The van der Waals surface area contributed by atoms with Crippen LogP contribution in [0.15, 0.2) is 41.3 Å². The quantitative estimate of drug-likeness (QED) is 0.653. The molecule has 0 saturated heterocycles. The van der Waals surface area contributed by atoms with Crippen molar-refractivity contribution in [1.82, 2.24) is 9.97 Å². The maximum atomic E-state index is 11.5. The van der Waals surface area contributed by atoms with E-state index >= 15 is 0 Å². The summed E-state index contributed by atoms with van der Waals surface area (Å²) in [4.78, 5) is 8.81. The lowest BCUT2D eigenvalue weighted by atomic mass is 10.00. The SMILES string of the molecule is Cc1nc(-c2ccc(C#N)cc2C)c2ccc(S(=O)(=O)Cl)cc2n1. The molecule has 0 aliphatic carbocycles. The fraction of sp³-hybridized carbons (Fsp3) is 0.118. The van der Waals surface area contributed by atoms with Crippen molar-refractivity contribution in [2.45, 2.75) is 18.7 Å². The summed E-state index contributed by atoms with van der Waals surface area (Å²) in [5.74, 6) is 0.519. The predicted molar refractivity (Wildman–Crippen MR) is 92.2 cm³/mol. The molecule has 0 aliphatic rings. The molecule has 5 nitrogen and oxygen atoms in total. The smallest absolute Gasteiger partial charge is 0.233 e. The zero-order valence-electron chi connectivity index (χ0n) is 12.9. The van der Waals surface area contributed by atoms with Gasteiger partial charge in [-0.2, -0.15) is 5.26 Å². The fourth-order valence-corrected chi connectivity index (χ4v) is 3.35. The molecule has 3 rings (SSSR count). The van der Waals surface area contributed by atoms with Crippen molar-refractivity contribution in [2.75, 3.05) is 0 Å². The van der Waals surface area contributed by atoms with Gasteiger partial charge in [0.15, 0.2) is 0 Å². The molecule has 0 aliphatic heterocycles. The summed E-state index contributed by atoms with van der Waals surface area (Å²) in [6.07, 6.45) is 0. The van der Waals surface area contributed by atoms with Gasteiger partial charge in [-0.1, -0.05) is 6.07 Å². The van der Waals surface area contributed by atoms with Gasteiger partial charge in [0.2, 0.25) is 0 Å². The Bertz CT molecular complexity index is 1120. The first-order valence-corrected chi connectivity index (χ1v) is 9.35. The number of fused-ring (bicyclic) bond motifs is 1. The Morgan fingerprint density at radius 1 is 1.08 bits per heavy atom. The van der Waals surface area contributed by atoms with E-state index in [9.17, 15) is 8.42 Å². The zero-order chi connectivity index (χ0) is 17.5. The number of aromatic nitrogens is 2. The van der Waals surface area contributed by atoms with Gasteiger partial charge >= 0.3 is 0 Å². The monoisotopic (exact) mass is 357 g/mol. The fourth-order valence-electron chi connectivity index (χ4n) is 2.58. The van der Waals surface area contributed by atoms with Crippen molar-refractivity contribution in [3.8, 4) is 17.3 Å². The standard InChI is InChI=1S/C17H12ClN3O2S/c1-10-7-12(9-19)3-5-14(10)17-15-6-4-13(24(18,22)23)8-16(15)20-11(2)21-17/h3-8H,1-2H3. The Morgan fingerprint density at radius 2 is 1.83 bits per heavy atom. The molecule has 24 heavy (non-hydrogen) atoms. The molecule has 0 amide bonds. The van der Waals surface area contributed by atoms with Crippen molar-refractivity contribution in [3.63, 3.8) is 0 Å². The molecule has 0 saturated carbocycles. The highest BCUT2D eigenvalue weighted by Crippen LogP contribution is 2.31. The van der Waals surface area contributed by atoms with Crippen molar-refractivity contribution < 1.29 is 8.42 Å². The first-order chi connectivity index (χ1) is 11.3. The third kappa shape index (κ3) is 2.96. The number of hydrogen-bond acceptors (Lipinski definition) is 5. The van der Waals surface area contributed by atoms with Crippen LogP contribution < -0.4 is 0 Å². The van der Waals surface area contributed by atoms with Crippen molar-refractivity contribution in [1.29, 1.82) is 5.26 Å². The van der Waals surface area contributed by atoms with E-state index in [1.807, 2.05) is 13.0 Å². The van der Waals surface area contributed by atoms with Crippen molar-refractivity contribution >= 4 is 30.6 Å². The average Bonchev–Trinajstić information content (AvgIpc) is 2.52. The van der Waals surface area contributed by atoms with Gasteiger partial charge in [-0.15, -0.1) is 0 Å². The Morgan fingerprint density at radius 3 is 2.46 bits per heavy atom. The van der Waals surface area contributed by atoms with E-state index in [2.05, 4.69) is 16.0 Å². The Balaban J connectivity index is 2.31. The summed E-state index contributed by atoms with van der Waals surface area (Å²) in [5, 5.41) is 9.72. The van der Waals surface area contributed by atoms with Crippen LogP contribution in [0.3, 0.4) is 0 Å². The second kappa shape index (κ2) is 5.86. The second-order valence-corrected chi connectivity index (χ2v) is 7.94. The molecule has 120 valence electrons. The number of hydrogen-bond donors (Lipinski definition) is 0. The Hall–Kier alpha value is -2.49. The normalized spacial score (nSPS) is 11.4. The summed E-state index contributed by atoms with van der Waals surface area (Å²) in [7, 11) is 1.59. The van der Waals surface area contributed by atoms with Gasteiger partial charge in [-0.05, 0) is 49.7 Å². The molecule has 0 atom stereocenters. The number of aryl methyl sites for hydroxylation is 2. The van der Waals surface area contributed by atoms with E-state index in [1.54, 1.807) is 25.1 Å². The van der Waals surface area contributed by atoms with E-state index in [0.717, 1.165) is 16.5 Å². The number of rotatable bonds is 2. The third-order valence-electron chi connectivity index (χ3n) is 3.67. The highest BCUT2D eigenvalue weighted by atomic mass is 35.7. The van der Waals surface area contributed by atoms with E-state index in [1.165, 1.54) is 12.1 Å². The summed E-state index contributed by atoms with van der Waals surface area (Å²) < 4.78 is 23.1.